The molecule has 0 saturated carbocycles. The number of ether oxygens (including phenoxy) is 1. The van der Waals surface area contributed by atoms with Crippen LogP contribution in [0.3, 0.4) is 0 Å². The summed E-state index contributed by atoms with van der Waals surface area (Å²) in [6.07, 6.45) is -0.0118. The number of methoxy groups -OCH3 is 1. The lowest BCUT2D eigenvalue weighted by molar-refractivity contribution is -0.136. The van der Waals surface area contributed by atoms with Crippen LogP contribution in [0, 0.1) is 11.3 Å². The maximum Gasteiger partial charge on any atom is 0.304 e. The molecule has 1 aromatic rings. The molecule has 17 heavy (non-hydrogen) atoms. The van der Waals surface area contributed by atoms with E-state index in [1.54, 1.807) is 31.4 Å². The predicted octanol–water partition coefficient (Wildman–Crippen LogP) is 1.32. The monoisotopic (exact) mass is 234 g/mol. The van der Waals surface area contributed by atoms with Crippen molar-refractivity contribution in [1.82, 2.24) is 5.32 Å². The SMILES string of the molecule is COc1cccc(C(C#N)NCCC(=O)O)c1. The van der Waals surface area contributed by atoms with Gasteiger partial charge < -0.3 is 9.84 Å². The molecule has 1 rings (SSSR count). The molecule has 90 valence electrons. The molecule has 5 heteroatoms. The van der Waals surface area contributed by atoms with Crippen LogP contribution in [0.15, 0.2) is 24.3 Å². The number of rotatable bonds is 6. The van der Waals surface area contributed by atoms with Crippen molar-refractivity contribution in [3.05, 3.63) is 29.8 Å². The molecule has 0 aromatic heterocycles. The van der Waals surface area contributed by atoms with E-state index in [4.69, 9.17) is 15.1 Å². The molecule has 5 nitrogen and oxygen atoms in total. The summed E-state index contributed by atoms with van der Waals surface area (Å²) in [5.41, 5.74) is 0.761. The highest BCUT2D eigenvalue weighted by Gasteiger charge is 2.10. The Kier molecular flexibility index (Phi) is 4.98. The second kappa shape index (κ2) is 6.51. The number of carbonyl (C=O) groups is 1. The topological polar surface area (TPSA) is 82.3 Å². The van der Waals surface area contributed by atoms with E-state index in [1.807, 2.05) is 0 Å². The number of carboxylic acid groups (broad SMARTS) is 1. The fourth-order valence-corrected chi connectivity index (χ4v) is 1.38. The van der Waals surface area contributed by atoms with Crippen molar-refractivity contribution in [1.29, 1.82) is 5.26 Å². The number of hydrogen-bond donors (Lipinski definition) is 2. The quantitative estimate of drug-likeness (QED) is 0.775. The van der Waals surface area contributed by atoms with Crippen molar-refractivity contribution in [3.8, 4) is 11.8 Å². The number of aliphatic carboxylic acids is 1. The molecule has 0 aliphatic rings. The summed E-state index contributed by atoms with van der Waals surface area (Å²) in [7, 11) is 1.55. The van der Waals surface area contributed by atoms with E-state index in [0.717, 1.165) is 5.56 Å². The van der Waals surface area contributed by atoms with Crippen LogP contribution in [0.25, 0.3) is 0 Å². The number of benzene rings is 1. The summed E-state index contributed by atoms with van der Waals surface area (Å²) in [6.45, 7) is 0.255. The summed E-state index contributed by atoms with van der Waals surface area (Å²) in [5, 5.41) is 20.4. The van der Waals surface area contributed by atoms with Gasteiger partial charge in [0.1, 0.15) is 11.8 Å². The minimum atomic E-state index is -0.889. The minimum Gasteiger partial charge on any atom is -0.497 e. The van der Waals surface area contributed by atoms with E-state index in [9.17, 15) is 4.79 Å². The zero-order valence-electron chi connectivity index (χ0n) is 9.51. The maximum atomic E-state index is 10.4. The van der Waals surface area contributed by atoms with Gasteiger partial charge in [-0.3, -0.25) is 10.1 Å². The van der Waals surface area contributed by atoms with Crippen LogP contribution < -0.4 is 10.1 Å². The van der Waals surface area contributed by atoms with Crippen LogP contribution >= 0.6 is 0 Å². The van der Waals surface area contributed by atoms with Crippen LogP contribution in [0.2, 0.25) is 0 Å². The molecule has 0 spiro atoms. The van der Waals surface area contributed by atoms with Gasteiger partial charge in [-0.1, -0.05) is 12.1 Å². The van der Waals surface area contributed by atoms with Crippen molar-refractivity contribution in [3.63, 3.8) is 0 Å². The molecule has 0 amide bonds. The lowest BCUT2D eigenvalue weighted by atomic mass is 10.1. The first-order valence-corrected chi connectivity index (χ1v) is 5.16. The van der Waals surface area contributed by atoms with Gasteiger partial charge in [-0.25, -0.2) is 0 Å². The lowest BCUT2D eigenvalue weighted by Crippen LogP contribution is -2.23. The summed E-state index contributed by atoms with van der Waals surface area (Å²) < 4.78 is 5.06. The normalized spacial score (nSPS) is 11.5. The second-order valence-electron chi connectivity index (χ2n) is 3.44. The predicted molar refractivity (Wildman–Crippen MR) is 61.6 cm³/mol. The smallest absolute Gasteiger partial charge is 0.304 e. The Bertz CT molecular complexity index is 426. The van der Waals surface area contributed by atoms with Gasteiger partial charge in [0.25, 0.3) is 0 Å². The van der Waals surface area contributed by atoms with Crippen LogP contribution in [0.4, 0.5) is 0 Å². The highest BCUT2D eigenvalue weighted by Crippen LogP contribution is 2.18. The molecule has 0 aliphatic carbocycles. The zero-order chi connectivity index (χ0) is 12.7. The Morgan fingerprint density at radius 1 is 1.65 bits per heavy atom. The van der Waals surface area contributed by atoms with Gasteiger partial charge in [0, 0.05) is 6.54 Å². The van der Waals surface area contributed by atoms with Crippen molar-refractivity contribution in [2.24, 2.45) is 0 Å². The summed E-state index contributed by atoms with van der Waals surface area (Å²) in [4.78, 5) is 10.4. The first kappa shape index (κ1) is 13.0. The van der Waals surface area contributed by atoms with E-state index < -0.39 is 12.0 Å². The van der Waals surface area contributed by atoms with Crippen molar-refractivity contribution < 1.29 is 14.6 Å². The maximum absolute atomic E-state index is 10.4. The van der Waals surface area contributed by atoms with E-state index in [1.165, 1.54) is 0 Å². The average molecular weight is 234 g/mol. The standard InChI is InChI=1S/C12H14N2O3/c1-17-10-4-2-3-9(7-10)11(8-13)14-6-5-12(15)16/h2-4,7,11,14H,5-6H2,1H3,(H,15,16). The van der Waals surface area contributed by atoms with Gasteiger partial charge in [-0.15, -0.1) is 0 Å². The molecule has 0 bridgehead atoms. The van der Waals surface area contributed by atoms with Crippen LogP contribution in [-0.4, -0.2) is 24.7 Å². The Morgan fingerprint density at radius 3 is 3.00 bits per heavy atom. The molecular formula is C12H14N2O3. The summed E-state index contributed by atoms with van der Waals surface area (Å²) in [6, 6.07) is 8.68. The Balaban J connectivity index is 2.66. The molecule has 1 atom stereocenters. The molecule has 0 aliphatic heterocycles. The van der Waals surface area contributed by atoms with Crippen LogP contribution in [0.5, 0.6) is 5.75 Å². The average Bonchev–Trinajstić information content (AvgIpc) is 2.34. The molecular weight excluding hydrogens is 220 g/mol. The molecule has 0 heterocycles. The fraction of sp³-hybridized carbons (Fsp3) is 0.333. The number of nitrogens with one attached hydrogen (secondary N) is 1. The first-order valence-electron chi connectivity index (χ1n) is 5.16. The van der Waals surface area contributed by atoms with Gasteiger partial charge in [-0.05, 0) is 17.7 Å². The van der Waals surface area contributed by atoms with Crippen LogP contribution in [-0.2, 0) is 4.79 Å². The summed E-state index contributed by atoms with van der Waals surface area (Å²) in [5.74, 6) is -0.220. The first-order chi connectivity index (χ1) is 8.17. The molecule has 0 radical (unpaired) electrons. The molecule has 1 aromatic carbocycles. The molecule has 1 unspecified atom stereocenters. The van der Waals surface area contributed by atoms with E-state index in [2.05, 4.69) is 11.4 Å². The van der Waals surface area contributed by atoms with Crippen LogP contribution in [0.1, 0.15) is 18.0 Å². The molecule has 0 saturated heterocycles. The van der Waals surface area contributed by atoms with Gasteiger partial charge in [0.05, 0.1) is 19.6 Å². The van der Waals surface area contributed by atoms with Gasteiger partial charge in [-0.2, -0.15) is 5.26 Å². The Hall–Kier alpha value is -2.06. The molecule has 0 fully saturated rings. The van der Waals surface area contributed by atoms with Gasteiger partial charge in [0.15, 0.2) is 0 Å². The third kappa shape index (κ3) is 4.13. The lowest BCUT2D eigenvalue weighted by Gasteiger charge is -2.11. The fourth-order valence-electron chi connectivity index (χ4n) is 1.38. The van der Waals surface area contributed by atoms with Crippen molar-refractivity contribution in [2.45, 2.75) is 12.5 Å². The van der Waals surface area contributed by atoms with Crippen molar-refractivity contribution in [2.75, 3.05) is 13.7 Å². The number of hydrogen-bond acceptors (Lipinski definition) is 4. The molecule has 2 N–H and O–H groups in total. The van der Waals surface area contributed by atoms with E-state index in [-0.39, 0.29) is 13.0 Å². The van der Waals surface area contributed by atoms with E-state index in [0.29, 0.717) is 5.75 Å². The zero-order valence-corrected chi connectivity index (χ0v) is 9.51. The Morgan fingerprint density at radius 2 is 2.41 bits per heavy atom. The second-order valence-corrected chi connectivity index (χ2v) is 3.44. The van der Waals surface area contributed by atoms with Gasteiger partial charge in [0.2, 0.25) is 0 Å². The highest BCUT2D eigenvalue weighted by molar-refractivity contribution is 5.66. The van der Waals surface area contributed by atoms with Crippen molar-refractivity contribution >= 4 is 5.97 Å². The highest BCUT2D eigenvalue weighted by atomic mass is 16.5. The summed E-state index contributed by atoms with van der Waals surface area (Å²) >= 11 is 0. The van der Waals surface area contributed by atoms with E-state index >= 15 is 0 Å². The minimum absolute atomic E-state index is 0.0118. The number of nitrogens with zero attached hydrogens (tertiary/aromatic N) is 1. The number of nitriles is 1. The number of carboxylic acids is 1. The third-order valence-corrected chi connectivity index (χ3v) is 2.24. The van der Waals surface area contributed by atoms with Gasteiger partial charge >= 0.3 is 5.97 Å². The Labute approximate surface area is 99.6 Å². The largest absolute Gasteiger partial charge is 0.497 e. The third-order valence-electron chi connectivity index (χ3n) is 2.24.